The van der Waals surface area contributed by atoms with E-state index in [-0.39, 0.29) is 10.8 Å². The number of amides is 1. The van der Waals surface area contributed by atoms with Gasteiger partial charge < -0.3 is 0 Å². The molecule has 0 unspecified atom stereocenters. The van der Waals surface area contributed by atoms with Gasteiger partial charge in [-0.3, -0.25) is 10.1 Å². The highest BCUT2D eigenvalue weighted by Crippen LogP contribution is 2.26. The van der Waals surface area contributed by atoms with E-state index in [0.717, 1.165) is 43.4 Å². The van der Waals surface area contributed by atoms with Crippen molar-refractivity contribution in [3.05, 3.63) is 65.0 Å². The van der Waals surface area contributed by atoms with Crippen LogP contribution in [0, 0.1) is 0 Å². The zero-order chi connectivity index (χ0) is 22.6. The minimum Gasteiger partial charge on any atom is -0.298 e. The van der Waals surface area contributed by atoms with Crippen LogP contribution in [0.2, 0.25) is 0 Å². The van der Waals surface area contributed by atoms with Crippen molar-refractivity contribution in [2.24, 2.45) is 0 Å². The number of piperidine rings is 1. The van der Waals surface area contributed by atoms with Crippen molar-refractivity contribution in [2.45, 2.75) is 43.9 Å². The van der Waals surface area contributed by atoms with E-state index in [1.165, 1.54) is 27.3 Å². The first-order chi connectivity index (χ1) is 15.5. The van der Waals surface area contributed by atoms with Crippen molar-refractivity contribution < 1.29 is 13.2 Å². The largest absolute Gasteiger partial charge is 0.298 e. The van der Waals surface area contributed by atoms with E-state index < -0.39 is 10.0 Å². The fraction of sp³-hybridized carbons (Fsp3) is 0.333. The molecule has 32 heavy (non-hydrogen) atoms. The number of nitrogens with zero attached hydrogens (tertiary/aromatic N) is 2. The first-order valence-electron chi connectivity index (χ1n) is 10.9. The summed E-state index contributed by atoms with van der Waals surface area (Å²) in [5, 5.41) is 5.18. The summed E-state index contributed by atoms with van der Waals surface area (Å²) in [5.74, 6) is -0.375. The summed E-state index contributed by atoms with van der Waals surface area (Å²) in [6, 6.07) is 14.5. The average Bonchev–Trinajstić information content (AvgIpc) is 3.29. The predicted octanol–water partition coefficient (Wildman–Crippen LogP) is 5.19. The third-order valence-corrected chi connectivity index (χ3v) is 8.21. The van der Waals surface area contributed by atoms with Crippen LogP contribution >= 0.6 is 11.3 Å². The lowest BCUT2D eigenvalue weighted by atomic mass is 10.1. The molecule has 0 radical (unpaired) electrons. The maximum Gasteiger partial charge on any atom is 0.257 e. The van der Waals surface area contributed by atoms with Gasteiger partial charge in [0.25, 0.3) is 5.91 Å². The van der Waals surface area contributed by atoms with Gasteiger partial charge in [-0.05, 0) is 43.0 Å². The van der Waals surface area contributed by atoms with Gasteiger partial charge in [-0.25, -0.2) is 13.4 Å². The summed E-state index contributed by atoms with van der Waals surface area (Å²) in [5.41, 5.74) is 3.38. The van der Waals surface area contributed by atoms with E-state index in [4.69, 9.17) is 0 Å². The number of thiazole rings is 1. The van der Waals surface area contributed by atoms with Crippen molar-refractivity contribution >= 4 is 32.4 Å². The molecule has 2 aromatic carbocycles. The van der Waals surface area contributed by atoms with Crippen LogP contribution < -0.4 is 5.32 Å². The number of aromatic nitrogens is 1. The smallest absolute Gasteiger partial charge is 0.257 e. The summed E-state index contributed by atoms with van der Waals surface area (Å²) in [7, 11) is -3.59. The Morgan fingerprint density at radius 3 is 2.56 bits per heavy atom. The fourth-order valence-electron chi connectivity index (χ4n) is 3.82. The summed E-state index contributed by atoms with van der Waals surface area (Å²) < 4.78 is 27.4. The van der Waals surface area contributed by atoms with Crippen LogP contribution in [0.3, 0.4) is 0 Å². The Labute approximate surface area is 193 Å². The van der Waals surface area contributed by atoms with Crippen LogP contribution in [0.15, 0.2) is 58.8 Å². The molecule has 2 heterocycles. The van der Waals surface area contributed by atoms with Gasteiger partial charge in [0.15, 0.2) is 5.13 Å². The molecule has 1 aliphatic heterocycles. The highest BCUT2D eigenvalue weighted by atomic mass is 32.2. The van der Waals surface area contributed by atoms with Crippen LogP contribution in [0.4, 0.5) is 5.13 Å². The summed E-state index contributed by atoms with van der Waals surface area (Å²) >= 11 is 1.34. The first-order valence-corrected chi connectivity index (χ1v) is 13.3. The minimum absolute atomic E-state index is 0.152. The lowest BCUT2D eigenvalue weighted by Gasteiger charge is -2.26. The highest BCUT2D eigenvalue weighted by molar-refractivity contribution is 7.89. The number of carbonyl (C=O) groups is 1. The third kappa shape index (κ3) is 5.09. The SMILES string of the molecule is CCCc1ccc(-c2csc(NC(=O)c3cccc(S(=O)(=O)N4CCCCC4)c3)n2)cc1. The number of carbonyl (C=O) groups excluding carboxylic acids is 1. The average molecular weight is 470 g/mol. The Hall–Kier alpha value is -2.55. The highest BCUT2D eigenvalue weighted by Gasteiger charge is 2.26. The Bertz CT molecular complexity index is 1180. The van der Waals surface area contributed by atoms with E-state index in [2.05, 4.69) is 29.4 Å². The molecule has 0 aliphatic carbocycles. The summed E-state index contributed by atoms with van der Waals surface area (Å²) in [4.78, 5) is 17.5. The lowest BCUT2D eigenvalue weighted by molar-refractivity contribution is 0.102. The van der Waals surface area contributed by atoms with Crippen molar-refractivity contribution in [1.29, 1.82) is 0 Å². The number of hydrogen-bond acceptors (Lipinski definition) is 5. The van der Waals surface area contributed by atoms with Crippen LogP contribution in [0.5, 0.6) is 0 Å². The topological polar surface area (TPSA) is 79.4 Å². The monoisotopic (exact) mass is 469 g/mol. The molecule has 1 amide bonds. The zero-order valence-electron chi connectivity index (χ0n) is 18.1. The van der Waals surface area contributed by atoms with Gasteiger partial charge in [0.05, 0.1) is 10.6 Å². The maximum atomic E-state index is 12.9. The van der Waals surface area contributed by atoms with Crippen molar-refractivity contribution in [1.82, 2.24) is 9.29 Å². The molecule has 0 spiro atoms. The molecule has 8 heteroatoms. The van der Waals surface area contributed by atoms with Gasteiger partial charge in [0.2, 0.25) is 10.0 Å². The van der Waals surface area contributed by atoms with Crippen LogP contribution in [0.1, 0.15) is 48.5 Å². The number of rotatable bonds is 7. The Kier molecular flexibility index (Phi) is 7.03. The third-order valence-electron chi connectivity index (χ3n) is 5.56. The van der Waals surface area contributed by atoms with Gasteiger partial charge in [-0.2, -0.15) is 4.31 Å². The zero-order valence-corrected chi connectivity index (χ0v) is 19.7. The van der Waals surface area contributed by atoms with Crippen molar-refractivity contribution in [3.63, 3.8) is 0 Å². The molecule has 0 saturated carbocycles. The second kappa shape index (κ2) is 9.94. The molecule has 1 fully saturated rings. The second-order valence-corrected chi connectivity index (χ2v) is 10.7. The minimum atomic E-state index is -3.59. The summed E-state index contributed by atoms with van der Waals surface area (Å²) in [6.07, 6.45) is 4.94. The molecule has 6 nitrogen and oxygen atoms in total. The number of nitrogens with one attached hydrogen (secondary N) is 1. The van der Waals surface area contributed by atoms with Crippen LogP contribution in [-0.2, 0) is 16.4 Å². The Balaban J connectivity index is 1.47. The number of sulfonamides is 1. The Morgan fingerprint density at radius 1 is 1.09 bits per heavy atom. The van der Waals surface area contributed by atoms with Crippen molar-refractivity contribution in [2.75, 3.05) is 18.4 Å². The molecule has 4 rings (SSSR count). The van der Waals surface area contributed by atoms with Crippen molar-refractivity contribution in [3.8, 4) is 11.3 Å². The molecule has 0 atom stereocenters. The molecule has 1 N–H and O–H groups in total. The molecular formula is C24H27N3O3S2. The van der Waals surface area contributed by atoms with Crippen LogP contribution in [-0.4, -0.2) is 36.7 Å². The van der Waals surface area contributed by atoms with E-state index >= 15 is 0 Å². The molecule has 1 aliphatic rings. The molecule has 0 bridgehead atoms. The maximum absolute atomic E-state index is 12.9. The molecule has 3 aromatic rings. The number of aryl methyl sites for hydroxylation is 1. The van der Waals surface area contributed by atoms with E-state index in [9.17, 15) is 13.2 Å². The van der Waals surface area contributed by atoms with Crippen LogP contribution in [0.25, 0.3) is 11.3 Å². The number of benzene rings is 2. The molecule has 1 saturated heterocycles. The standard InChI is InChI=1S/C24H27N3O3S2/c1-2-7-18-10-12-19(13-11-18)22-17-31-24(25-22)26-23(28)20-8-6-9-21(16-20)32(29,30)27-14-4-3-5-15-27/h6,8-13,16-17H,2-5,7,14-15H2,1H3,(H,25,26,28). The normalized spacial score (nSPS) is 14.9. The first kappa shape index (κ1) is 22.6. The van der Waals surface area contributed by atoms with Gasteiger partial charge in [0.1, 0.15) is 0 Å². The van der Waals surface area contributed by atoms with Gasteiger partial charge in [-0.15, -0.1) is 11.3 Å². The molecule has 1 aromatic heterocycles. The molecular weight excluding hydrogens is 442 g/mol. The van der Waals surface area contributed by atoms with Gasteiger partial charge >= 0.3 is 0 Å². The number of hydrogen-bond donors (Lipinski definition) is 1. The number of anilines is 1. The second-order valence-electron chi connectivity index (χ2n) is 7.93. The van der Waals surface area contributed by atoms with E-state index in [1.807, 2.05) is 17.5 Å². The lowest BCUT2D eigenvalue weighted by Crippen LogP contribution is -2.35. The van der Waals surface area contributed by atoms with Gasteiger partial charge in [0, 0.05) is 29.6 Å². The fourth-order valence-corrected chi connectivity index (χ4v) is 6.09. The van der Waals surface area contributed by atoms with Gasteiger partial charge in [-0.1, -0.05) is 50.1 Å². The van der Waals surface area contributed by atoms with E-state index in [0.29, 0.717) is 23.8 Å². The molecule has 168 valence electrons. The Morgan fingerprint density at radius 2 is 1.84 bits per heavy atom. The van der Waals surface area contributed by atoms with E-state index in [1.54, 1.807) is 18.2 Å². The quantitative estimate of drug-likeness (QED) is 0.516. The summed E-state index contributed by atoms with van der Waals surface area (Å²) in [6.45, 7) is 3.21. The predicted molar refractivity (Wildman–Crippen MR) is 129 cm³/mol.